The molecule has 4 aliphatic heterocycles. The van der Waals surface area contributed by atoms with E-state index in [-0.39, 0.29) is 36.1 Å². The molecule has 4 aromatic carbocycles. The third kappa shape index (κ3) is 9.08. The van der Waals surface area contributed by atoms with E-state index in [9.17, 15) is 9.59 Å². The SMILES string of the molecule is COc1cc(/C=C2\O[C@@H](C)CN([C@H]3CCOc4ccccc43)C2=O)ccc1-n1cnc(C)c1.COc1cc(/C=C2\O[C@H](C)CN([C@H]3CCOc4ccccc43)C2=O)ccc1-n1cnc(C)c1. The summed E-state index contributed by atoms with van der Waals surface area (Å²) in [5, 5.41) is 0. The maximum Gasteiger partial charge on any atom is 0.289 e. The molecule has 10 rings (SSSR count). The number of ether oxygens (including phenoxy) is 6. The van der Waals surface area contributed by atoms with Gasteiger partial charge in [-0.3, -0.25) is 9.59 Å². The Hall–Kier alpha value is -7.48. The molecule has 0 N–H and O–H groups in total. The average Bonchev–Trinajstić information content (AvgIpc) is 3.98. The molecule has 6 aromatic rings. The molecule has 14 nitrogen and oxygen atoms in total. The molecule has 2 saturated heterocycles. The lowest BCUT2D eigenvalue weighted by atomic mass is 9.97. The van der Waals surface area contributed by atoms with Gasteiger partial charge < -0.3 is 47.4 Å². The third-order valence-corrected chi connectivity index (χ3v) is 12.1. The number of carbonyl (C=O) groups excluding carboxylic acids is 2. The van der Waals surface area contributed by atoms with Crippen molar-refractivity contribution in [2.75, 3.05) is 40.5 Å². The minimum atomic E-state index is -0.112. The molecular weight excluding hydrogens is 837 g/mol. The van der Waals surface area contributed by atoms with E-state index in [0.29, 0.717) is 49.3 Å². The summed E-state index contributed by atoms with van der Waals surface area (Å²) in [5.74, 6) is 3.53. The van der Waals surface area contributed by atoms with Gasteiger partial charge in [-0.05, 0) is 87.4 Å². The highest BCUT2D eigenvalue weighted by molar-refractivity contribution is 5.97. The van der Waals surface area contributed by atoms with Gasteiger partial charge in [0.1, 0.15) is 35.2 Å². The van der Waals surface area contributed by atoms with Gasteiger partial charge in [0, 0.05) is 36.4 Å². The zero-order chi connectivity index (χ0) is 45.9. The van der Waals surface area contributed by atoms with Gasteiger partial charge in [-0.25, -0.2) is 9.97 Å². The van der Waals surface area contributed by atoms with Gasteiger partial charge in [-0.15, -0.1) is 0 Å². The second-order valence-electron chi connectivity index (χ2n) is 16.9. The fourth-order valence-corrected chi connectivity index (χ4v) is 9.04. The number of nitrogens with zero attached hydrogens (tertiary/aromatic N) is 6. The molecule has 2 amide bonds. The van der Waals surface area contributed by atoms with Crippen molar-refractivity contribution in [3.63, 3.8) is 0 Å². The van der Waals surface area contributed by atoms with Gasteiger partial charge in [0.15, 0.2) is 11.5 Å². The molecule has 4 aliphatic rings. The molecule has 2 fully saturated rings. The van der Waals surface area contributed by atoms with Crippen LogP contribution < -0.4 is 18.9 Å². The number of methoxy groups -OCH3 is 2. The lowest BCUT2D eigenvalue weighted by Gasteiger charge is -2.40. The molecule has 0 radical (unpaired) electrons. The first-order valence-corrected chi connectivity index (χ1v) is 22.3. The van der Waals surface area contributed by atoms with Crippen molar-refractivity contribution >= 4 is 24.0 Å². The smallest absolute Gasteiger partial charge is 0.289 e. The van der Waals surface area contributed by atoms with Crippen LogP contribution in [0.25, 0.3) is 23.5 Å². The largest absolute Gasteiger partial charge is 0.495 e. The van der Waals surface area contributed by atoms with Gasteiger partial charge in [0.25, 0.3) is 11.8 Å². The second kappa shape index (κ2) is 18.9. The predicted octanol–water partition coefficient (Wildman–Crippen LogP) is 8.60. The fraction of sp³-hybridized carbons (Fsp3) is 0.308. The highest BCUT2D eigenvalue weighted by Gasteiger charge is 2.38. The zero-order valence-corrected chi connectivity index (χ0v) is 38.0. The Morgan fingerprint density at radius 3 is 1.42 bits per heavy atom. The third-order valence-electron chi connectivity index (χ3n) is 12.1. The number of morpholine rings is 2. The summed E-state index contributed by atoms with van der Waals surface area (Å²) in [4.78, 5) is 39.4. The Kier molecular flexibility index (Phi) is 12.6. The molecule has 0 spiro atoms. The maximum absolute atomic E-state index is 13.5. The highest BCUT2D eigenvalue weighted by atomic mass is 16.5. The molecule has 4 atom stereocenters. The lowest BCUT2D eigenvalue weighted by Crippen LogP contribution is -2.47. The van der Waals surface area contributed by atoms with E-state index >= 15 is 0 Å². The number of hydrogen-bond acceptors (Lipinski definition) is 10. The van der Waals surface area contributed by atoms with E-state index in [1.165, 1.54) is 0 Å². The molecular formula is C52H54N6O8. The maximum atomic E-state index is 13.5. The van der Waals surface area contributed by atoms with Gasteiger partial charge in [0.05, 0.1) is 88.0 Å². The number of fused-ring (bicyclic) bond motifs is 2. The van der Waals surface area contributed by atoms with Crippen LogP contribution in [0.5, 0.6) is 23.0 Å². The van der Waals surface area contributed by atoms with Crippen LogP contribution in [0.15, 0.2) is 121 Å². The number of carbonyl (C=O) groups is 2. The van der Waals surface area contributed by atoms with Crippen molar-refractivity contribution in [3.05, 3.63) is 155 Å². The first kappa shape index (κ1) is 43.8. The van der Waals surface area contributed by atoms with E-state index in [4.69, 9.17) is 28.4 Å². The normalized spacial score (nSPS) is 21.4. The van der Waals surface area contributed by atoms with Crippen LogP contribution in [0.2, 0.25) is 0 Å². The molecule has 2 aromatic heterocycles. The fourth-order valence-electron chi connectivity index (χ4n) is 9.04. The summed E-state index contributed by atoms with van der Waals surface area (Å²) < 4.78 is 38.6. The molecule has 0 bridgehead atoms. The Morgan fingerprint density at radius 2 is 1.03 bits per heavy atom. The van der Waals surface area contributed by atoms with Crippen LogP contribution in [-0.2, 0) is 19.1 Å². The number of hydrogen-bond donors (Lipinski definition) is 0. The summed E-state index contributed by atoms with van der Waals surface area (Å²) in [5.41, 5.74) is 7.37. The van der Waals surface area contributed by atoms with Crippen molar-refractivity contribution in [1.82, 2.24) is 28.9 Å². The minimum absolute atomic E-state index is 0.0291. The number of aryl methyl sites for hydroxylation is 2. The van der Waals surface area contributed by atoms with Crippen LogP contribution >= 0.6 is 0 Å². The molecule has 14 heteroatoms. The number of imidazole rings is 2. The van der Waals surface area contributed by atoms with Crippen LogP contribution in [0.4, 0.5) is 0 Å². The van der Waals surface area contributed by atoms with Crippen LogP contribution in [0, 0.1) is 13.8 Å². The summed E-state index contributed by atoms with van der Waals surface area (Å²) in [6.07, 6.45) is 12.3. The van der Waals surface area contributed by atoms with Gasteiger partial charge in [-0.1, -0.05) is 48.5 Å². The summed E-state index contributed by atoms with van der Waals surface area (Å²) in [6, 6.07) is 27.4. The molecule has 0 saturated carbocycles. The second-order valence-corrected chi connectivity index (χ2v) is 16.9. The Balaban J connectivity index is 0.000000166. The van der Waals surface area contributed by atoms with Crippen LogP contribution in [-0.4, -0.2) is 93.4 Å². The summed E-state index contributed by atoms with van der Waals surface area (Å²) in [7, 11) is 3.27. The van der Waals surface area contributed by atoms with Gasteiger partial charge in [-0.2, -0.15) is 0 Å². The highest BCUT2D eigenvalue weighted by Crippen LogP contribution is 2.40. The topological polar surface area (TPSA) is 132 Å². The van der Waals surface area contributed by atoms with Crippen molar-refractivity contribution in [2.45, 2.75) is 64.8 Å². The van der Waals surface area contributed by atoms with Crippen LogP contribution in [0.1, 0.15) is 72.4 Å². The first-order valence-electron chi connectivity index (χ1n) is 22.3. The number of aromatic nitrogens is 4. The van der Waals surface area contributed by atoms with E-state index in [1.807, 2.05) is 144 Å². The quantitative estimate of drug-likeness (QED) is 0.137. The monoisotopic (exact) mass is 890 g/mol. The van der Waals surface area contributed by atoms with E-state index in [2.05, 4.69) is 9.97 Å². The number of rotatable bonds is 8. The Bertz CT molecular complexity index is 2620. The van der Waals surface area contributed by atoms with E-state index in [0.717, 1.165) is 69.4 Å². The van der Waals surface area contributed by atoms with Gasteiger partial charge >= 0.3 is 0 Å². The number of benzene rings is 4. The standard InChI is InChI=1S/2C26H27N3O4/c2*1-17-14-28(16-27-17)22-9-8-19(12-24(22)31-3)13-25-26(30)29(15-18(2)33-25)21-10-11-32-23-7-5-4-6-20(21)23/h2*4-9,12-14,16,18,21H,10-11,15H2,1-3H3/b2*25-13-/t18-,21+;18-,21-/m10/s1. The molecule has 0 aliphatic carbocycles. The molecule has 0 unspecified atom stereocenters. The van der Waals surface area contributed by atoms with Crippen molar-refractivity contribution < 1.29 is 38.0 Å². The predicted molar refractivity (Wildman–Crippen MR) is 249 cm³/mol. The molecule has 66 heavy (non-hydrogen) atoms. The van der Waals surface area contributed by atoms with Gasteiger partial charge in [0.2, 0.25) is 0 Å². The summed E-state index contributed by atoms with van der Waals surface area (Å²) >= 11 is 0. The Labute approximate surface area is 384 Å². The average molecular weight is 891 g/mol. The Morgan fingerprint density at radius 1 is 0.606 bits per heavy atom. The molecule has 340 valence electrons. The minimum Gasteiger partial charge on any atom is -0.495 e. The zero-order valence-electron chi connectivity index (χ0n) is 38.0. The van der Waals surface area contributed by atoms with Crippen molar-refractivity contribution in [3.8, 4) is 34.4 Å². The van der Waals surface area contributed by atoms with Crippen LogP contribution in [0.3, 0.4) is 0 Å². The first-order chi connectivity index (χ1) is 32.1. The van der Waals surface area contributed by atoms with Crippen molar-refractivity contribution in [2.24, 2.45) is 0 Å². The number of amides is 2. The molecule has 6 heterocycles. The number of para-hydroxylation sites is 2. The lowest BCUT2D eigenvalue weighted by molar-refractivity contribution is -0.143. The van der Waals surface area contributed by atoms with Crippen molar-refractivity contribution in [1.29, 1.82) is 0 Å². The summed E-state index contributed by atoms with van der Waals surface area (Å²) in [6.45, 7) is 10.1. The van der Waals surface area contributed by atoms with E-state index in [1.54, 1.807) is 39.0 Å². The van der Waals surface area contributed by atoms with E-state index < -0.39 is 0 Å².